The summed E-state index contributed by atoms with van der Waals surface area (Å²) in [6, 6.07) is 3.55. The number of hydrogen-bond acceptors (Lipinski definition) is 4. The van der Waals surface area contributed by atoms with E-state index in [-0.39, 0.29) is 6.61 Å². The summed E-state index contributed by atoms with van der Waals surface area (Å²) in [5.74, 6) is 0. The Morgan fingerprint density at radius 3 is 2.00 bits per heavy atom. The first-order chi connectivity index (χ1) is 6.90. The van der Waals surface area contributed by atoms with Crippen LogP contribution in [0.2, 0.25) is 0 Å². The summed E-state index contributed by atoms with van der Waals surface area (Å²) < 4.78 is 5.11. The van der Waals surface area contributed by atoms with E-state index < -0.39 is 17.1 Å². The lowest BCUT2D eigenvalue weighted by Crippen LogP contribution is -2.50. The molecule has 15 heavy (non-hydrogen) atoms. The molecule has 0 aliphatic carbocycles. The van der Waals surface area contributed by atoms with E-state index in [9.17, 15) is 5.11 Å². The van der Waals surface area contributed by atoms with Crippen molar-refractivity contribution < 1.29 is 9.84 Å². The maximum absolute atomic E-state index is 10.0. The highest BCUT2D eigenvalue weighted by atomic mass is 16.5. The lowest BCUT2D eigenvalue weighted by Gasteiger charge is -2.36. The van der Waals surface area contributed by atoms with Crippen LogP contribution in [0.5, 0.6) is 0 Å². The van der Waals surface area contributed by atoms with Gasteiger partial charge in [-0.15, -0.1) is 0 Å². The summed E-state index contributed by atoms with van der Waals surface area (Å²) in [7, 11) is 0. The van der Waals surface area contributed by atoms with Gasteiger partial charge in [0.15, 0.2) is 0 Å². The van der Waals surface area contributed by atoms with Crippen LogP contribution in [0, 0.1) is 28.1 Å². The van der Waals surface area contributed by atoms with E-state index in [1.165, 1.54) is 0 Å². The van der Waals surface area contributed by atoms with E-state index in [4.69, 9.17) is 15.3 Å². The van der Waals surface area contributed by atoms with E-state index >= 15 is 0 Å². The summed E-state index contributed by atoms with van der Waals surface area (Å²) in [4.78, 5) is 0. The lowest BCUT2D eigenvalue weighted by molar-refractivity contribution is -0.0973. The van der Waals surface area contributed by atoms with Crippen molar-refractivity contribution in [2.75, 3.05) is 6.61 Å². The summed E-state index contributed by atoms with van der Waals surface area (Å²) in [6.07, 6.45) is -0.461. The zero-order valence-electron chi connectivity index (χ0n) is 9.74. The van der Waals surface area contributed by atoms with Crippen LogP contribution < -0.4 is 0 Å². The minimum atomic E-state index is -1.76. The second-order valence-corrected chi connectivity index (χ2v) is 4.14. The molecule has 0 saturated carbocycles. The fourth-order valence-corrected chi connectivity index (χ4v) is 1.26. The van der Waals surface area contributed by atoms with Gasteiger partial charge in [0.1, 0.15) is 18.2 Å². The quantitative estimate of drug-likeness (QED) is 0.747. The van der Waals surface area contributed by atoms with E-state index in [1.807, 2.05) is 6.92 Å². The minimum Gasteiger partial charge on any atom is -0.387 e. The number of ether oxygens (including phenoxy) is 1. The van der Waals surface area contributed by atoms with E-state index in [1.54, 1.807) is 32.9 Å². The zero-order chi connectivity index (χ0) is 12.1. The first-order valence-electron chi connectivity index (χ1n) is 5.04. The van der Waals surface area contributed by atoms with E-state index in [2.05, 4.69) is 0 Å². The Bertz CT molecular complexity index is 272. The molecule has 4 heteroatoms. The van der Waals surface area contributed by atoms with Crippen molar-refractivity contribution in [3.05, 3.63) is 0 Å². The molecule has 0 bridgehead atoms. The van der Waals surface area contributed by atoms with Crippen LogP contribution in [0.1, 0.15) is 34.1 Å². The average Bonchev–Trinajstić information content (AvgIpc) is 2.25. The summed E-state index contributed by atoms with van der Waals surface area (Å²) >= 11 is 0. The van der Waals surface area contributed by atoms with Gasteiger partial charge in [-0.05, 0) is 18.8 Å². The predicted octanol–water partition coefficient (Wildman–Crippen LogP) is 1.61. The Kier molecular flexibility index (Phi) is 4.74. The topological polar surface area (TPSA) is 77.0 Å². The van der Waals surface area contributed by atoms with Gasteiger partial charge in [0.2, 0.25) is 0 Å². The second-order valence-electron chi connectivity index (χ2n) is 4.14. The van der Waals surface area contributed by atoms with Crippen molar-refractivity contribution >= 4 is 0 Å². The van der Waals surface area contributed by atoms with Crippen LogP contribution in [-0.4, -0.2) is 23.4 Å². The highest BCUT2D eigenvalue weighted by Gasteiger charge is 2.47. The van der Waals surface area contributed by atoms with Crippen molar-refractivity contribution in [2.45, 2.75) is 45.8 Å². The molecular weight excluding hydrogens is 192 g/mol. The van der Waals surface area contributed by atoms with Crippen LogP contribution in [0.15, 0.2) is 0 Å². The lowest BCUT2D eigenvalue weighted by atomic mass is 9.76. The summed E-state index contributed by atoms with van der Waals surface area (Å²) in [5, 5.41) is 28.0. The third-order valence-corrected chi connectivity index (χ3v) is 2.74. The van der Waals surface area contributed by atoms with Crippen molar-refractivity contribution in [1.82, 2.24) is 0 Å². The average molecular weight is 210 g/mol. The molecule has 0 aliphatic heterocycles. The van der Waals surface area contributed by atoms with Gasteiger partial charge in [0.05, 0.1) is 0 Å². The standard InChI is InChI=1S/C11H18N2O2/c1-5-10(3,4)9(14)11(7-12,8-13)15-6-2/h9,14H,5-6H2,1-4H3. The van der Waals surface area contributed by atoms with Crippen LogP contribution in [0.4, 0.5) is 0 Å². The zero-order valence-corrected chi connectivity index (χ0v) is 9.74. The number of rotatable bonds is 5. The second kappa shape index (κ2) is 5.11. The minimum absolute atomic E-state index is 0.220. The Morgan fingerprint density at radius 2 is 1.73 bits per heavy atom. The molecule has 0 aromatic heterocycles. The van der Waals surface area contributed by atoms with Crippen molar-refractivity contribution in [3.8, 4) is 12.1 Å². The van der Waals surface area contributed by atoms with Gasteiger partial charge >= 0.3 is 0 Å². The number of aliphatic hydroxyl groups is 1. The van der Waals surface area contributed by atoms with Gasteiger partial charge in [-0.2, -0.15) is 10.5 Å². The largest absolute Gasteiger partial charge is 0.387 e. The maximum Gasteiger partial charge on any atom is 0.267 e. The molecule has 0 rings (SSSR count). The molecule has 0 fully saturated rings. The van der Waals surface area contributed by atoms with Gasteiger partial charge in [-0.1, -0.05) is 20.8 Å². The molecule has 1 unspecified atom stereocenters. The number of hydrogen-bond donors (Lipinski definition) is 1. The normalized spacial score (nSPS) is 14.1. The molecule has 0 amide bonds. The Balaban J connectivity index is 5.13. The first-order valence-corrected chi connectivity index (χ1v) is 5.04. The molecule has 0 aliphatic rings. The third kappa shape index (κ3) is 2.68. The summed E-state index contributed by atoms with van der Waals surface area (Å²) in [6.45, 7) is 7.42. The Labute approximate surface area is 91.1 Å². The molecule has 0 radical (unpaired) electrons. The molecule has 4 nitrogen and oxygen atoms in total. The van der Waals surface area contributed by atoms with Crippen molar-refractivity contribution in [3.63, 3.8) is 0 Å². The van der Waals surface area contributed by atoms with Gasteiger partial charge in [0, 0.05) is 6.61 Å². The molecule has 84 valence electrons. The fourth-order valence-electron chi connectivity index (χ4n) is 1.26. The number of nitriles is 2. The molecular formula is C11H18N2O2. The Morgan fingerprint density at radius 1 is 1.27 bits per heavy atom. The number of aliphatic hydroxyl groups excluding tert-OH is 1. The molecule has 0 aromatic rings. The van der Waals surface area contributed by atoms with Crippen molar-refractivity contribution in [2.24, 2.45) is 5.41 Å². The van der Waals surface area contributed by atoms with Crippen LogP contribution in [0.3, 0.4) is 0 Å². The van der Waals surface area contributed by atoms with Gasteiger partial charge < -0.3 is 9.84 Å². The Hall–Kier alpha value is -1.10. The molecule has 0 saturated heterocycles. The highest BCUT2D eigenvalue weighted by molar-refractivity contribution is 5.23. The molecule has 0 spiro atoms. The predicted molar refractivity (Wildman–Crippen MR) is 55.7 cm³/mol. The highest BCUT2D eigenvalue weighted by Crippen LogP contribution is 2.33. The van der Waals surface area contributed by atoms with E-state index in [0.717, 1.165) is 0 Å². The first kappa shape index (κ1) is 13.9. The molecule has 0 aromatic carbocycles. The van der Waals surface area contributed by atoms with Gasteiger partial charge in [-0.25, -0.2) is 0 Å². The van der Waals surface area contributed by atoms with Crippen LogP contribution >= 0.6 is 0 Å². The van der Waals surface area contributed by atoms with Gasteiger partial charge in [0.25, 0.3) is 5.60 Å². The monoisotopic (exact) mass is 210 g/mol. The maximum atomic E-state index is 10.0. The molecule has 1 N–H and O–H groups in total. The van der Waals surface area contributed by atoms with Gasteiger partial charge in [-0.3, -0.25) is 0 Å². The fraction of sp³-hybridized carbons (Fsp3) is 0.818. The van der Waals surface area contributed by atoms with Crippen molar-refractivity contribution in [1.29, 1.82) is 10.5 Å². The third-order valence-electron chi connectivity index (χ3n) is 2.74. The SMILES string of the molecule is CCOC(C#N)(C#N)C(O)C(C)(C)CC. The molecule has 1 atom stereocenters. The van der Waals surface area contributed by atoms with E-state index in [0.29, 0.717) is 6.42 Å². The molecule has 0 heterocycles. The van der Waals surface area contributed by atoms with Crippen LogP contribution in [0.25, 0.3) is 0 Å². The number of nitrogens with zero attached hydrogens (tertiary/aromatic N) is 2. The smallest absolute Gasteiger partial charge is 0.267 e. The van der Waals surface area contributed by atoms with Crippen LogP contribution in [-0.2, 0) is 4.74 Å². The summed E-state index contributed by atoms with van der Waals surface area (Å²) in [5.41, 5.74) is -2.28.